The normalized spacial score (nSPS) is 16.5. The van der Waals surface area contributed by atoms with Crippen LogP contribution in [0.2, 0.25) is 0 Å². The molecule has 5 nitrogen and oxygen atoms in total. The number of guanidine groups is 1. The maximum Gasteiger partial charge on any atom is 0.191 e. The van der Waals surface area contributed by atoms with Gasteiger partial charge >= 0.3 is 0 Å². The van der Waals surface area contributed by atoms with Crippen LogP contribution in [0.3, 0.4) is 0 Å². The number of hydrogen-bond donors (Lipinski definition) is 2. The molecule has 2 N–H and O–H groups in total. The van der Waals surface area contributed by atoms with Gasteiger partial charge in [-0.2, -0.15) is 0 Å². The van der Waals surface area contributed by atoms with Crippen molar-refractivity contribution in [1.82, 2.24) is 15.5 Å². The average Bonchev–Trinajstić information content (AvgIpc) is 2.64. The van der Waals surface area contributed by atoms with Crippen molar-refractivity contribution in [2.24, 2.45) is 4.99 Å². The second kappa shape index (κ2) is 13.3. The quantitative estimate of drug-likeness (QED) is 0.253. The predicted octanol–water partition coefficient (Wildman–Crippen LogP) is 3.48. The van der Waals surface area contributed by atoms with Crippen LogP contribution in [-0.2, 0) is 4.74 Å². The number of ether oxygens (including phenoxy) is 1. The fourth-order valence-electron chi connectivity index (χ4n) is 2.95. The molecule has 154 valence electrons. The summed E-state index contributed by atoms with van der Waals surface area (Å²) in [5.41, 5.74) is 1.59. The number of aryl methyl sites for hydroxylation is 1. The molecule has 1 aromatic rings. The SMILES string of the molecule is CCNC(=NCCCCN1CCOCC1)NC(C)c1ccc(C)c(F)c1.I. The Kier molecular flexibility index (Phi) is 11.9. The zero-order valence-corrected chi connectivity index (χ0v) is 19.1. The first kappa shape index (κ1) is 24.1. The summed E-state index contributed by atoms with van der Waals surface area (Å²) < 4.78 is 19.1. The lowest BCUT2D eigenvalue weighted by Crippen LogP contribution is -2.39. The molecular weight excluding hydrogens is 458 g/mol. The molecule has 1 unspecified atom stereocenters. The summed E-state index contributed by atoms with van der Waals surface area (Å²) in [6, 6.07) is 5.37. The standard InChI is InChI=1S/C20H33FN4O.HI/c1-4-22-20(23-9-5-6-10-25-11-13-26-14-12-25)24-17(3)18-8-7-16(2)19(21)15-18;/h7-8,15,17H,4-6,9-14H2,1-3H3,(H2,22,23,24);1H. The van der Waals surface area contributed by atoms with Gasteiger partial charge in [0, 0.05) is 26.2 Å². The Morgan fingerprint density at radius 3 is 2.70 bits per heavy atom. The van der Waals surface area contributed by atoms with Crippen molar-refractivity contribution in [1.29, 1.82) is 0 Å². The van der Waals surface area contributed by atoms with E-state index in [-0.39, 0.29) is 35.8 Å². The molecule has 7 heteroatoms. The van der Waals surface area contributed by atoms with Crippen molar-refractivity contribution in [2.45, 2.75) is 39.7 Å². The molecule has 0 aromatic heterocycles. The van der Waals surface area contributed by atoms with E-state index in [1.165, 1.54) is 0 Å². The van der Waals surface area contributed by atoms with Crippen LogP contribution < -0.4 is 10.6 Å². The summed E-state index contributed by atoms with van der Waals surface area (Å²) in [4.78, 5) is 7.11. The number of aliphatic imine (C=N–C) groups is 1. The molecule has 1 aliphatic rings. The highest BCUT2D eigenvalue weighted by Gasteiger charge is 2.11. The van der Waals surface area contributed by atoms with Crippen molar-refractivity contribution in [2.75, 3.05) is 45.9 Å². The van der Waals surface area contributed by atoms with E-state index in [9.17, 15) is 4.39 Å². The van der Waals surface area contributed by atoms with Gasteiger partial charge in [0.1, 0.15) is 5.82 Å². The molecule has 1 saturated heterocycles. The average molecular weight is 492 g/mol. The molecule has 1 aromatic carbocycles. The number of hydrogen-bond acceptors (Lipinski definition) is 3. The van der Waals surface area contributed by atoms with Gasteiger partial charge in [-0.15, -0.1) is 24.0 Å². The largest absolute Gasteiger partial charge is 0.379 e. The Balaban J connectivity index is 0.00000364. The number of halogens is 2. The van der Waals surface area contributed by atoms with Gasteiger partial charge in [-0.1, -0.05) is 12.1 Å². The van der Waals surface area contributed by atoms with Gasteiger partial charge in [-0.25, -0.2) is 4.39 Å². The first-order valence-corrected chi connectivity index (χ1v) is 9.71. The van der Waals surface area contributed by atoms with Gasteiger partial charge in [0.25, 0.3) is 0 Å². The molecule has 1 heterocycles. The van der Waals surface area contributed by atoms with Crippen molar-refractivity contribution >= 4 is 29.9 Å². The summed E-state index contributed by atoms with van der Waals surface area (Å²) in [5, 5.41) is 6.63. The molecule has 0 radical (unpaired) electrons. The molecule has 1 atom stereocenters. The number of morpholine rings is 1. The van der Waals surface area contributed by atoms with Crippen molar-refractivity contribution in [3.05, 3.63) is 35.1 Å². The fourth-order valence-corrected chi connectivity index (χ4v) is 2.95. The minimum atomic E-state index is -0.166. The third-order valence-corrected chi connectivity index (χ3v) is 4.65. The van der Waals surface area contributed by atoms with Crippen LogP contribution in [-0.4, -0.2) is 56.8 Å². The molecule has 1 aliphatic heterocycles. The van der Waals surface area contributed by atoms with E-state index in [1.807, 2.05) is 26.0 Å². The van der Waals surface area contributed by atoms with Crippen LogP contribution in [0.4, 0.5) is 4.39 Å². The van der Waals surface area contributed by atoms with Gasteiger partial charge in [-0.05, 0) is 57.4 Å². The predicted molar refractivity (Wildman–Crippen MR) is 121 cm³/mol. The van der Waals surface area contributed by atoms with Crippen molar-refractivity contribution in [3.63, 3.8) is 0 Å². The zero-order valence-electron chi connectivity index (χ0n) is 16.8. The van der Waals surface area contributed by atoms with Gasteiger partial charge in [0.15, 0.2) is 5.96 Å². The molecular formula is C20H34FIN4O. The third kappa shape index (κ3) is 8.74. The molecule has 0 amide bonds. The second-order valence-corrected chi connectivity index (χ2v) is 6.80. The second-order valence-electron chi connectivity index (χ2n) is 6.80. The summed E-state index contributed by atoms with van der Waals surface area (Å²) in [6.45, 7) is 12.3. The summed E-state index contributed by atoms with van der Waals surface area (Å²) in [7, 11) is 0. The highest BCUT2D eigenvalue weighted by molar-refractivity contribution is 14.0. The fraction of sp³-hybridized carbons (Fsp3) is 0.650. The first-order valence-electron chi connectivity index (χ1n) is 9.71. The number of rotatable bonds is 8. The zero-order chi connectivity index (χ0) is 18.8. The van der Waals surface area contributed by atoms with Crippen LogP contribution in [0, 0.1) is 12.7 Å². The van der Waals surface area contributed by atoms with Crippen molar-refractivity contribution < 1.29 is 9.13 Å². The summed E-state index contributed by atoms with van der Waals surface area (Å²) >= 11 is 0. The molecule has 0 spiro atoms. The van der Waals surface area contributed by atoms with E-state index in [0.29, 0.717) is 5.56 Å². The van der Waals surface area contributed by atoms with E-state index in [0.717, 1.165) is 70.3 Å². The van der Waals surface area contributed by atoms with Crippen LogP contribution in [0.15, 0.2) is 23.2 Å². The maximum absolute atomic E-state index is 13.8. The molecule has 0 aliphatic carbocycles. The lowest BCUT2D eigenvalue weighted by molar-refractivity contribution is 0.0373. The summed E-state index contributed by atoms with van der Waals surface area (Å²) in [5.74, 6) is 0.619. The molecule has 1 fully saturated rings. The first-order chi connectivity index (χ1) is 12.6. The van der Waals surface area contributed by atoms with E-state index < -0.39 is 0 Å². The minimum Gasteiger partial charge on any atom is -0.379 e. The topological polar surface area (TPSA) is 48.9 Å². The third-order valence-electron chi connectivity index (χ3n) is 4.65. The monoisotopic (exact) mass is 492 g/mol. The Bertz CT molecular complexity index is 579. The van der Waals surface area contributed by atoms with Gasteiger partial charge < -0.3 is 15.4 Å². The molecule has 2 rings (SSSR count). The highest BCUT2D eigenvalue weighted by atomic mass is 127. The summed E-state index contributed by atoms with van der Waals surface area (Å²) in [6.07, 6.45) is 2.20. The van der Waals surface area contributed by atoms with E-state index in [2.05, 4.69) is 20.5 Å². The number of nitrogens with one attached hydrogen (secondary N) is 2. The Morgan fingerprint density at radius 2 is 2.04 bits per heavy atom. The minimum absolute atomic E-state index is 0. The Morgan fingerprint density at radius 1 is 1.30 bits per heavy atom. The van der Waals surface area contributed by atoms with E-state index in [1.54, 1.807) is 13.0 Å². The van der Waals surface area contributed by atoms with Crippen LogP contribution in [0.25, 0.3) is 0 Å². The van der Waals surface area contributed by atoms with Crippen LogP contribution in [0.5, 0.6) is 0 Å². The lowest BCUT2D eigenvalue weighted by Gasteiger charge is -2.26. The van der Waals surface area contributed by atoms with Crippen LogP contribution in [0.1, 0.15) is 43.9 Å². The lowest BCUT2D eigenvalue weighted by atomic mass is 10.1. The van der Waals surface area contributed by atoms with Crippen LogP contribution >= 0.6 is 24.0 Å². The van der Waals surface area contributed by atoms with E-state index in [4.69, 9.17) is 4.74 Å². The molecule has 27 heavy (non-hydrogen) atoms. The number of unbranched alkanes of at least 4 members (excludes halogenated alkanes) is 1. The Labute approximate surface area is 180 Å². The van der Waals surface area contributed by atoms with Gasteiger partial charge in [-0.3, -0.25) is 9.89 Å². The van der Waals surface area contributed by atoms with E-state index >= 15 is 0 Å². The number of nitrogens with zero attached hydrogens (tertiary/aromatic N) is 2. The maximum atomic E-state index is 13.8. The van der Waals surface area contributed by atoms with Gasteiger partial charge in [0.05, 0.1) is 19.3 Å². The van der Waals surface area contributed by atoms with Gasteiger partial charge in [0.2, 0.25) is 0 Å². The highest BCUT2D eigenvalue weighted by Crippen LogP contribution is 2.16. The smallest absolute Gasteiger partial charge is 0.191 e. The number of benzene rings is 1. The Hall–Kier alpha value is -0.930. The molecule has 0 saturated carbocycles. The molecule has 0 bridgehead atoms. The van der Waals surface area contributed by atoms with Crippen molar-refractivity contribution in [3.8, 4) is 0 Å².